The van der Waals surface area contributed by atoms with Gasteiger partial charge in [0.05, 0.1) is 11.9 Å². The van der Waals surface area contributed by atoms with Crippen LogP contribution in [0, 0.1) is 0 Å². The van der Waals surface area contributed by atoms with Crippen molar-refractivity contribution in [1.29, 1.82) is 0 Å². The van der Waals surface area contributed by atoms with Crippen molar-refractivity contribution in [3.05, 3.63) is 71.3 Å². The monoisotopic (exact) mass is 341 g/mol. The van der Waals surface area contributed by atoms with Crippen LogP contribution in [-0.4, -0.2) is 20.7 Å². The maximum Gasteiger partial charge on any atom is 0.276 e. The highest BCUT2D eigenvalue weighted by Gasteiger charge is 2.17. The second-order valence-corrected chi connectivity index (χ2v) is 5.64. The SMILES string of the molecule is Cn1ncc(NCc2ccncc2)c1C(=O)Nc1ccc(Cl)cc1. The third-order valence-corrected chi connectivity index (χ3v) is 3.74. The molecule has 0 fully saturated rings. The summed E-state index contributed by atoms with van der Waals surface area (Å²) in [6.07, 6.45) is 5.10. The number of rotatable bonds is 5. The molecule has 0 saturated heterocycles. The fourth-order valence-corrected chi connectivity index (χ4v) is 2.38. The van der Waals surface area contributed by atoms with Gasteiger partial charge >= 0.3 is 0 Å². The smallest absolute Gasteiger partial charge is 0.276 e. The Labute approximate surface area is 144 Å². The van der Waals surface area contributed by atoms with Crippen LogP contribution in [-0.2, 0) is 13.6 Å². The van der Waals surface area contributed by atoms with Gasteiger partial charge in [-0.2, -0.15) is 5.10 Å². The van der Waals surface area contributed by atoms with Crippen molar-refractivity contribution in [3.63, 3.8) is 0 Å². The minimum atomic E-state index is -0.241. The van der Waals surface area contributed by atoms with E-state index >= 15 is 0 Å². The van der Waals surface area contributed by atoms with E-state index in [2.05, 4.69) is 20.7 Å². The molecule has 2 heterocycles. The molecule has 0 bridgehead atoms. The zero-order valence-electron chi connectivity index (χ0n) is 13.0. The van der Waals surface area contributed by atoms with E-state index in [0.717, 1.165) is 5.56 Å². The number of nitrogens with one attached hydrogen (secondary N) is 2. The molecule has 0 atom stereocenters. The molecule has 0 aliphatic rings. The molecule has 2 aromatic heterocycles. The molecular formula is C17H16ClN5O. The van der Waals surface area contributed by atoms with Gasteiger partial charge in [0, 0.05) is 36.7 Å². The number of hydrogen-bond donors (Lipinski definition) is 2. The van der Waals surface area contributed by atoms with E-state index in [1.54, 1.807) is 54.6 Å². The molecule has 3 aromatic rings. The molecule has 7 heteroatoms. The van der Waals surface area contributed by atoms with Gasteiger partial charge in [-0.15, -0.1) is 0 Å². The molecule has 24 heavy (non-hydrogen) atoms. The highest BCUT2D eigenvalue weighted by atomic mass is 35.5. The second-order valence-electron chi connectivity index (χ2n) is 5.20. The maximum atomic E-state index is 12.6. The number of nitrogens with zero attached hydrogens (tertiary/aromatic N) is 3. The molecule has 122 valence electrons. The van der Waals surface area contributed by atoms with Crippen LogP contribution < -0.4 is 10.6 Å². The number of halogens is 1. The predicted molar refractivity (Wildman–Crippen MR) is 94.2 cm³/mol. The molecule has 1 aromatic carbocycles. The second kappa shape index (κ2) is 7.14. The van der Waals surface area contributed by atoms with Crippen LogP contribution in [0.1, 0.15) is 16.1 Å². The van der Waals surface area contributed by atoms with Gasteiger partial charge in [0.25, 0.3) is 5.91 Å². The molecule has 0 aliphatic carbocycles. The fraction of sp³-hybridized carbons (Fsp3) is 0.118. The van der Waals surface area contributed by atoms with Crippen LogP contribution in [0.5, 0.6) is 0 Å². The average Bonchev–Trinajstić information content (AvgIpc) is 2.97. The van der Waals surface area contributed by atoms with Crippen LogP contribution in [0.4, 0.5) is 11.4 Å². The molecular weight excluding hydrogens is 326 g/mol. The molecule has 2 N–H and O–H groups in total. The summed E-state index contributed by atoms with van der Waals surface area (Å²) < 4.78 is 1.54. The van der Waals surface area contributed by atoms with Crippen molar-refractivity contribution in [2.24, 2.45) is 7.05 Å². The van der Waals surface area contributed by atoms with E-state index < -0.39 is 0 Å². The third-order valence-electron chi connectivity index (χ3n) is 3.49. The number of carbonyl (C=O) groups is 1. The zero-order chi connectivity index (χ0) is 16.9. The Balaban J connectivity index is 1.74. The lowest BCUT2D eigenvalue weighted by Gasteiger charge is -2.10. The lowest BCUT2D eigenvalue weighted by Crippen LogP contribution is -2.18. The van der Waals surface area contributed by atoms with Gasteiger partial charge in [0.1, 0.15) is 5.69 Å². The first-order valence-electron chi connectivity index (χ1n) is 7.35. The Bertz CT molecular complexity index is 830. The van der Waals surface area contributed by atoms with Gasteiger partial charge in [0.15, 0.2) is 0 Å². The van der Waals surface area contributed by atoms with E-state index in [9.17, 15) is 4.79 Å². The zero-order valence-corrected chi connectivity index (χ0v) is 13.8. The summed E-state index contributed by atoms with van der Waals surface area (Å²) >= 11 is 5.86. The first-order chi connectivity index (χ1) is 11.6. The summed E-state index contributed by atoms with van der Waals surface area (Å²) in [5.74, 6) is -0.241. The summed E-state index contributed by atoms with van der Waals surface area (Å²) in [4.78, 5) is 16.5. The number of aryl methyl sites for hydroxylation is 1. The Morgan fingerprint density at radius 1 is 1.17 bits per heavy atom. The minimum absolute atomic E-state index is 0.241. The van der Waals surface area contributed by atoms with Crippen LogP contribution in [0.15, 0.2) is 55.0 Å². The quantitative estimate of drug-likeness (QED) is 0.746. The summed E-state index contributed by atoms with van der Waals surface area (Å²) in [6, 6.07) is 10.8. The molecule has 0 spiro atoms. The van der Waals surface area contributed by atoms with Crippen LogP contribution >= 0.6 is 11.6 Å². The van der Waals surface area contributed by atoms with E-state index in [4.69, 9.17) is 11.6 Å². The molecule has 0 aliphatic heterocycles. The molecule has 0 unspecified atom stereocenters. The summed E-state index contributed by atoms with van der Waals surface area (Å²) in [7, 11) is 1.73. The topological polar surface area (TPSA) is 71.8 Å². The Hall–Kier alpha value is -2.86. The number of anilines is 2. The van der Waals surface area contributed by atoms with Gasteiger partial charge < -0.3 is 10.6 Å². The Morgan fingerprint density at radius 3 is 2.58 bits per heavy atom. The Morgan fingerprint density at radius 2 is 1.88 bits per heavy atom. The van der Waals surface area contributed by atoms with Crippen molar-refractivity contribution >= 4 is 28.9 Å². The number of aromatic nitrogens is 3. The van der Waals surface area contributed by atoms with Crippen molar-refractivity contribution in [3.8, 4) is 0 Å². The van der Waals surface area contributed by atoms with Crippen molar-refractivity contribution in [2.75, 3.05) is 10.6 Å². The average molecular weight is 342 g/mol. The van der Waals surface area contributed by atoms with Crippen molar-refractivity contribution in [2.45, 2.75) is 6.54 Å². The summed E-state index contributed by atoms with van der Waals surface area (Å²) in [6.45, 7) is 0.579. The largest absolute Gasteiger partial charge is 0.378 e. The van der Waals surface area contributed by atoms with E-state index in [1.807, 2.05) is 12.1 Å². The van der Waals surface area contributed by atoms with Gasteiger partial charge in [-0.05, 0) is 42.0 Å². The van der Waals surface area contributed by atoms with Gasteiger partial charge in [0.2, 0.25) is 0 Å². The molecule has 0 radical (unpaired) electrons. The van der Waals surface area contributed by atoms with Gasteiger partial charge in [-0.25, -0.2) is 0 Å². The minimum Gasteiger partial charge on any atom is -0.378 e. The summed E-state index contributed by atoms with van der Waals surface area (Å²) in [5, 5.41) is 10.9. The van der Waals surface area contributed by atoms with Gasteiger partial charge in [-0.3, -0.25) is 14.5 Å². The van der Waals surface area contributed by atoms with Crippen molar-refractivity contribution in [1.82, 2.24) is 14.8 Å². The van der Waals surface area contributed by atoms with E-state index in [1.165, 1.54) is 0 Å². The van der Waals surface area contributed by atoms with Crippen LogP contribution in [0.3, 0.4) is 0 Å². The lowest BCUT2D eigenvalue weighted by molar-refractivity contribution is 0.101. The molecule has 3 rings (SSSR count). The van der Waals surface area contributed by atoms with E-state index in [0.29, 0.717) is 28.6 Å². The number of hydrogen-bond acceptors (Lipinski definition) is 4. The number of amides is 1. The number of carbonyl (C=O) groups excluding carboxylic acids is 1. The number of pyridine rings is 1. The molecule has 0 saturated carbocycles. The first kappa shape index (κ1) is 16.0. The fourth-order valence-electron chi connectivity index (χ4n) is 2.26. The highest BCUT2D eigenvalue weighted by Crippen LogP contribution is 2.19. The van der Waals surface area contributed by atoms with Crippen LogP contribution in [0.25, 0.3) is 0 Å². The third kappa shape index (κ3) is 3.72. The Kier molecular flexibility index (Phi) is 4.77. The molecule has 1 amide bonds. The summed E-state index contributed by atoms with van der Waals surface area (Å²) in [5.41, 5.74) is 2.86. The standard InChI is InChI=1S/C17H16ClN5O/c1-23-16(17(24)22-14-4-2-13(18)3-5-14)15(11-21-23)20-10-12-6-8-19-9-7-12/h2-9,11,20H,10H2,1H3,(H,22,24). The molecule has 6 nitrogen and oxygen atoms in total. The predicted octanol–water partition coefficient (Wildman–Crippen LogP) is 3.33. The lowest BCUT2D eigenvalue weighted by atomic mass is 10.2. The normalized spacial score (nSPS) is 10.4. The first-order valence-corrected chi connectivity index (χ1v) is 7.73. The highest BCUT2D eigenvalue weighted by molar-refractivity contribution is 6.30. The maximum absolute atomic E-state index is 12.6. The number of benzene rings is 1. The van der Waals surface area contributed by atoms with E-state index in [-0.39, 0.29) is 5.91 Å². The van der Waals surface area contributed by atoms with Crippen LogP contribution in [0.2, 0.25) is 5.02 Å². The van der Waals surface area contributed by atoms with Crippen molar-refractivity contribution < 1.29 is 4.79 Å². The van der Waals surface area contributed by atoms with Gasteiger partial charge in [-0.1, -0.05) is 11.6 Å².